The second-order valence-electron chi connectivity index (χ2n) is 6.47. The summed E-state index contributed by atoms with van der Waals surface area (Å²) in [5.74, 6) is -0.522. The number of aromatic amines is 2. The average molecular weight is 389 g/mol. The van der Waals surface area contributed by atoms with E-state index in [-0.39, 0.29) is 5.69 Å². The van der Waals surface area contributed by atoms with E-state index in [0.29, 0.717) is 17.9 Å². The molecule has 0 unspecified atom stereocenters. The number of hydrogen-bond acceptors (Lipinski definition) is 5. The van der Waals surface area contributed by atoms with Gasteiger partial charge in [-0.05, 0) is 17.7 Å². The Kier molecular flexibility index (Phi) is 5.07. The Morgan fingerprint density at radius 1 is 1.10 bits per heavy atom. The van der Waals surface area contributed by atoms with Gasteiger partial charge in [-0.15, -0.1) is 0 Å². The Bertz CT molecular complexity index is 1120. The molecule has 4 aromatic rings. The number of hydrogen-bond donors (Lipinski definition) is 3. The average Bonchev–Trinajstić information content (AvgIpc) is 3.40. The predicted octanol–water partition coefficient (Wildman–Crippen LogP) is 2.47. The number of methoxy groups -OCH3 is 1. The number of para-hydroxylation sites is 2. The molecule has 2 aromatic heterocycles. The van der Waals surface area contributed by atoms with E-state index in [0.717, 1.165) is 16.6 Å². The van der Waals surface area contributed by atoms with Gasteiger partial charge in [0, 0.05) is 6.42 Å². The van der Waals surface area contributed by atoms with E-state index in [1.165, 1.54) is 13.4 Å². The minimum atomic E-state index is -0.832. The number of esters is 1. The summed E-state index contributed by atoms with van der Waals surface area (Å²) in [6, 6.07) is 16.1. The quantitative estimate of drug-likeness (QED) is 0.439. The van der Waals surface area contributed by atoms with Crippen molar-refractivity contribution in [3.05, 3.63) is 72.2 Å². The number of amides is 1. The Hall–Kier alpha value is -3.94. The van der Waals surface area contributed by atoms with Crippen LogP contribution in [-0.4, -0.2) is 45.0 Å². The van der Waals surface area contributed by atoms with Gasteiger partial charge < -0.3 is 20.0 Å². The fourth-order valence-electron chi connectivity index (χ4n) is 3.13. The highest BCUT2D eigenvalue weighted by atomic mass is 16.5. The monoisotopic (exact) mass is 389 g/mol. The number of carbonyl (C=O) groups is 2. The fraction of sp³-hybridized carbons (Fsp3) is 0.143. The van der Waals surface area contributed by atoms with Crippen LogP contribution in [0.4, 0.5) is 0 Å². The summed E-state index contributed by atoms with van der Waals surface area (Å²) < 4.78 is 4.86. The summed E-state index contributed by atoms with van der Waals surface area (Å²) in [6.07, 6.45) is 1.73. The topological polar surface area (TPSA) is 113 Å². The molecule has 0 saturated heterocycles. The molecule has 0 bridgehead atoms. The Morgan fingerprint density at radius 2 is 1.86 bits per heavy atom. The Labute approximate surface area is 166 Å². The van der Waals surface area contributed by atoms with Gasteiger partial charge in [0.15, 0.2) is 5.82 Å². The molecule has 1 amide bonds. The van der Waals surface area contributed by atoms with Crippen molar-refractivity contribution in [3.8, 4) is 11.5 Å². The number of H-pyrrole nitrogens is 2. The van der Waals surface area contributed by atoms with Crippen molar-refractivity contribution in [2.75, 3.05) is 7.11 Å². The predicted molar refractivity (Wildman–Crippen MR) is 107 cm³/mol. The first kappa shape index (κ1) is 18.4. The van der Waals surface area contributed by atoms with E-state index >= 15 is 0 Å². The number of ether oxygens (including phenoxy) is 1. The Balaban J connectivity index is 1.59. The lowest BCUT2D eigenvalue weighted by Gasteiger charge is -2.16. The van der Waals surface area contributed by atoms with Crippen LogP contribution in [0, 0.1) is 0 Å². The number of fused-ring (bicyclic) bond motifs is 1. The first-order valence-corrected chi connectivity index (χ1v) is 9.07. The molecule has 29 heavy (non-hydrogen) atoms. The highest BCUT2D eigenvalue weighted by Gasteiger charge is 2.26. The van der Waals surface area contributed by atoms with E-state index in [4.69, 9.17) is 4.74 Å². The maximum absolute atomic E-state index is 12.9. The smallest absolute Gasteiger partial charge is 0.328 e. The molecule has 0 saturated carbocycles. The second kappa shape index (κ2) is 7.97. The molecule has 2 heterocycles. The number of aromatic nitrogens is 4. The van der Waals surface area contributed by atoms with Gasteiger partial charge in [-0.1, -0.05) is 42.5 Å². The number of imidazole rings is 2. The van der Waals surface area contributed by atoms with Crippen LogP contribution >= 0.6 is 0 Å². The zero-order valence-corrected chi connectivity index (χ0v) is 15.7. The van der Waals surface area contributed by atoms with E-state index in [1.807, 2.05) is 54.6 Å². The van der Waals surface area contributed by atoms with Gasteiger partial charge in [-0.25, -0.2) is 14.8 Å². The number of nitrogens with one attached hydrogen (secondary N) is 3. The molecule has 0 spiro atoms. The molecule has 8 nitrogen and oxygen atoms in total. The van der Waals surface area contributed by atoms with Crippen molar-refractivity contribution in [2.24, 2.45) is 0 Å². The van der Waals surface area contributed by atoms with Crippen molar-refractivity contribution in [2.45, 2.75) is 12.5 Å². The second-order valence-corrected chi connectivity index (χ2v) is 6.47. The van der Waals surface area contributed by atoms with Crippen LogP contribution in [-0.2, 0) is 16.0 Å². The van der Waals surface area contributed by atoms with E-state index in [9.17, 15) is 9.59 Å². The normalized spacial score (nSPS) is 11.9. The van der Waals surface area contributed by atoms with Gasteiger partial charge >= 0.3 is 5.97 Å². The minimum absolute atomic E-state index is 0.214. The van der Waals surface area contributed by atoms with Crippen LogP contribution < -0.4 is 5.32 Å². The van der Waals surface area contributed by atoms with Crippen molar-refractivity contribution >= 4 is 22.9 Å². The number of rotatable bonds is 6. The molecule has 1 atom stereocenters. The van der Waals surface area contributed by atoms with Gasteiger partial charge in [0.05, 0.1) is 24.5 Å². The molecule has 0 aliphatic carbocycles. The Morgan fingerprint density at radius 3 is 2.62 bits per heavy atom. The van der Waals surface area contributed by atoms with E-state index in [1.54, 1.807) is 0 Å². The third kappa shape index (κ3) is 3.86. The molecule has 8 heteroatoms. The SMILES string of the molecule is COC(=O)[C@@H](Cc1ccccc1)NC(=O)c1[nH]cnc1-c1nc2ccccc2[nH]1. The summed E-state index contributed by atoms with van der Waals surface area (Å²) in [4.78, 5) is 39.8. The lowest BCUT2D eigenvalue weighted by Crippen LogP contribution is -2.43. The first-order valence-electron chi connectivity index (χ1n) is 9.07. The number of nitrogens with zero attached hydrogens (tertiary/aromatic N) is 2. The highest BCUT2D eigenvalue weighted by molar-refractivity contribution is 6.00. The maximum atomic E-state index is 12.9. The fourth-order valence-corrected chi connectivity index (χ4v) is 3.13. The van der Waals surface area contributed by atoms with Crippen LogP contribution in [0.25, 0.3) is 22.6 Å². The highest BCUT2D eigenvalue weighted by Crippen LogP contribution is 2.21. The van der Waals surface area contributed by atoms with E-state index in [2.05, 4.69) is 25.3 Å². The van der Waals surface area contributed by atoms with Crippen molar-refractivity contribution in [3.63, 3.8) is 0 Å². The molecular formula is C21H19N5O3. The van der Waals surface area contributed by atoms with Crippen molar-refractivity contribution in [1.82, 2.24) is 25.3 Å². The lowest BCUT2D eigenvalue weighted by molar-refractivity contribution is -0.142. The lowest BCUT2D eigenvalue weighted by atomic mass is 10.1. The molecule has 4 rings (SSSR count). The number of benzene rings is 2. The maximum Gasteiger partial charge on any atom is 0.328 e. The summed E-state index contributed by atoms with van der Waals surface area (Å²) >= 11 is 0. The van der Waals surface area contributed by atoms with Crippen molar-refractivity contribution < 1.29 is 14.3 Å². The molecular weight excluding hydrogens is 370 g/mol. The van der Waals surface area contributed by atoms with E-state index < -0.39 is 17.9 Å². The van der Waals surface area contributed by atoms with Crippen LogP contribution in [0.5, 0.6) is 0 Å². The standard InChI is InChI=1S/C21H19N5O3/c1-29-21(28)16(11-13-7-3-2-4-8-13)26-20(27)18-17(22-12-23-18)19-24-14-9-5-6-10-15(14)25-19/h2-10,12,16H,11H2,1H3,(H,22,23)(H,24,25)(H,26,27)/t16-/m1/s1. The third-order valence-electron chi connectivity index (χ3n) is 4.55. The molecule has 0 aliphatic rings. The molecule has 146 valence electrons. The van der Waals surface area contributed by atoms with Gasteiger partial charge in [-0.3, -0.25) is 4.79 Å². The molecule has 3 N–H and O–H groups in total. The van der Waals surface area contributed by atoms with Crippen LogP contribution in [0.3, 0.4) is 0 Å². The molecule has 0 fully saturated rings. The molecule has 0 radical (unpaired) electrons. The zero-order valence-electron chi connectivity index (χ0n) is 15.7. The van der Waals surface area contributed by atoms with Crippen LogP contribution in [0.2, 0.25) is 0 Å². The molecule has 2 aromatic carbocycles. The largest absolute Gasteiger partial charge is 0.467 e. The first-order chi connectivity index (χ1) is 14.2. The summed E-state index contributed by atoms with van der Waals surface area (Å²) in [5.41, 5.74) is 3.11. The van der Waals surface area contributed by atoms with Crippen molar-refractivity contribution in [1.29, 1.82) is 0 Å². The zero-order chi connectivity index (χ0) is 20.2. The van der Waals surface area contributed by atoms with Gasteiger partial charge in [0.2, 0.25) is 0 Å². The third-order valence-corrected chi connectivity index (χ3v) is 4.55. The number of carbonyl (C=O) groups excluding carboxylic acids is 2. The summed E-state index contributed by atoms with van der Waals surface area (Å²) in [7, 11) is 1.29. The van der Waals surface area contributed by atoms with Crippen LogP contribution in [0.15, 0.2) is 60.9 Å². The van der Waals surface area contributed by atoms with Crippen LogP contribution in [0.1, 0.15) is 16.1 Å². The minimum Gasteiger partial charge on any atom is -0.467 e. The summed E-state index contributed by atoms with van der Waals surface area (Å²) in [6.45, 7) is 0. The summed E-state index contributed by atoms with van der Waals surface area (Å²) in [5, 5.41) is 2.74. The van der Waals surface area contributed by atoms with Gasteiger partial charge in [-0.2, -0.15) is 0 Å². The molecule has 0 aliphatic heterocycles. The van der Waals surface area contributed by atoms with Gasteiger partial charge in [0.25, 0.3) is 5.91 Å². The van der Waals surface area contributed by atoms with Gasteiger partial charge in [0.1, 0.15) is 17.4 Å².